The van der Waals surface area contributed by atoms with Gasteiger partial charge in [-0.3, -0.25) is 10.1 Å². The Bertz CT molecular complexity index is 545. The molecule has 0 saturated carbocycles. The van der Waals surface area contributed by atoms with Crippen LogP contribution in [0.1, 0.15) is 17.4 Å². The molecular weight excluding hydrogens is 289 g/mol. The third kappa shape index (κ3) is 3.70. The molecule has 1 heterocycles. The number of rotatable bonds is 4. The number of ether oxygens (including phenoxy) is 2. The van der Waals surface area contributed by atoms with Crippen LogP contribution in [0.3, 0.4) is 0 Å². The first-order valence-corrected chi connectivity index (χ1v) is 4.97. The number of nitro groups is 1. The van der Waals surface area contributed by atoms with E-state index in [2.05, 4.69) is 14.5 Å². The third-order valence-corrected chi connectivity index (χ3v) is 1.83. The van der Waals surface area contributed by atoms with Gasteiger partial charge in [-0.25, -0.2) is 9.78 Å². The number of hydrogen-bond donors (Lipinski definition) is 1. The highest BCUT2D eigenvalue weighted by molar-refractivity contribution is 5.88. The van der Waals surface area contributed by atoms with Crippen molar-refractivity contribution in [3.63, 3.8) is 0 Å². The van der Waals surface area contributed by atoms with Gasteiger partial charge in [0.15, 0.2) is 5.69 Å². The van der Waals surface area contributed by atoms with Crippen LogP contribution in [0.5, 0.6) is 11.6 Å². The molecule has 0 spiro atoms. The van der Waals surface area contributed by atoms with Gasteiger partial charge in [-0.2, -0.15) is 0 Å². The first-order chi connectivity index (χ1) is 9.15. The molecule has 0 aliphatic rings. The zero-order chi connectivity index (χ0) is 15.5. The molecule has 110 valence electrons. The number of esters is 1. The molecule has 1 N–H and O–H groups in total. The largest absolute Gasteiger partial charge is 0.574 e. The van der Waals surface area contributed by atoms with Crippen molar-refractivity contribution >= 4 is 11.7 Å². The van der Waals surface area contributed by atoms with Gasteiger partial charge in [-0.05, 0) is 6.92 Å². The van der Waals surface area contributed by atoms with Crippen LogP contribution in [-0.4, -0.2) is 34.0 Å². The van der Waals surface area contributed by atoms with E-state index in [9.17, 15) is 33.2 Å². The molecule has 0 amide bonds. The number of halogens is 3. The molecule has 0 aliphatic carbocycles. The van der Waals surface area contributed by atoms with Gasteiger partial charge < -0.3 is 14.6 Å². The van der Waals surface area contributed by atoms with E-state index in [4.69, 9.17) is 0 Å². The second-order valence-corrected chi connectivity index (χ2v) is 3.21. The Morgan fingerprint density at radius 1 is 1.55 bits per heavy atom. The Morgan fingerprint density at radius 3 is 2.60 bits per heavy atom. The summed E-state index contributed by atoms with van der Waals surface area (Å²) in [6.07, 6.45) is -5.24. The van der Waals surface area contributed by atoms with E-state index in [1.54, 1.807) is 0 Å². The number of carbonyl (C=O) groups excluding carboxylic acids is 1. The molecule has 0 saturated heterocycles. The van der Waals surface area contributed by atoms with Gasteiger partial charge in [0, 0.05) is 0 Å². The minimum absolute atomic E-state index is 0.120. The maximum atomic E-state index is 12.1. The van der Waals surface area contributed by atoms with Gasteiger partial charge in [0.2, 0.25) is 0 Å². The second-order valence-electron chi connectivity index (χ2n) is 3.21. The summed E-state index contributed by atoms with van der Waals surface area (Å²) in [5.74, 6) is -4.14. The second kappa shape index (κ2) is 5.59. The molecule has 0 radical (unpaired) electrons. The highest BCUT2D eigenvalue weighted by atomic mass is 19.4. The SMILES string of the molecule is CCOC(=O)c1cc([N+](=O)[O-])c(O)c(OC(F)(F)F)n1. The molecule has 1 aromatic rings. The van der Waals surface area contributed by atoms with E-state index in [1.165, 1.54) is 6.92 Å². The summed E-state index contributed by atoms with van der Waals surface area (Å²) in [5.41, 5.74) is -1.96. The molecule has 1 rings (SSSR count). The van der Waals surface area contributed by atoms with Gasteiger partial charge in [-0.15, -0.1) is 13.2 Å². The van der Waals surface area contributed by atoms with Gasteiger partial charge in [0.25, 0.3) is 11.6 Å². The summed E-state index contributed by atoms with van der Waals surface area (Å²) in [6, 6.07) is 0.483. The summed E-state index contributed by atoms with van der Waals surface area (Å²) in [4.78, 5) is 23.8. The first kappa shape index (κ1) is 15.5. The van der Waals surface area contributed by atoms with Crippen molar-refractivity contribution in [2.24, 2.45) is 0 Å². The molecule has 0 bridgehead atoms. The van der Waals surface area contributed by atoms with Crippen LogP contribution in [0.15, 0.2) is 6.07 Å². The first-order valence-electron chi connectivity index (χ1n) is 4.97. The van der Waals surface area contributed by atoms with Crippen LogP contribution in [0.25, 0.3) is 0 Å². The van der Waals surface area contributed by atoms with Crippen molar-refractivity contribution in [3.05, 3.63) is 21.9 Å². The van der Waals surface area contributed by atoms with E-state index < -0.39 is 40.3 Å². The average Bonchev–Trinajstić information content (AvgIpc) is 2.29. The fraction of sp³-hybridized carbons (Fsp3) is 0.333. The summed E-state index contributed by atoms with van der Waals surface area (Å²) in [7, 11) is 0. The lowest BCUT2D eigenvalue weighted by atomic mass is 10.3. The molecule has 1 aromatic heterocycles. The number of aromatic hydroxyl groups is 1. The number of carbonyl (C=O) groups is 1. The summed E-state index contributed by atoms with van der Waals surface area (Å²) < 4.78 is 44.0. The summed E-state index contributed by atoms with van der Waals surface area (Å²) >= 11 is 0. The number of aromatic nitrogens is 1. The third-order valence-electron chi connectivity index (χ3n) is 1.83. The molecule has 20 heavy (non-hydrogen) atoms. The average molecular weight is 296 g/mol. The van der Waals surface area contributed by atoms with Crippen LogP contribution in [0.4, 0.5) is 18.9 Å². The monoisotopic (exact) mass is 296 g/mol. The molecule has 0 fully saturated rings. The van der Waals surface area contributed by atoms with E-state index in [-0.39, 0.29) is 6.61 Å². The zero-order valence-corrected chi connectivity index (χ0v) is 9.80. The zero-order valence-electron chi connectivity index (χ0n) is 9.80. The normalized spacial score (nSPS) is 11.0. The van der Waals surface area contributed by atoms with Gasteiger partial charge in [-0.1, -0.05) is 0 Å². The van der Waals surface area contributed by atoms with Gasteiger partial charge >= 0.3 is 18.0 Å². The smallest absolute Gasteiger partial charge is 0.498 e. The van der Waals surface area contributed by atoms with Gasteiger partial charge in [0.1, 0.15) is 0 Å². The molecule has 8 nitrogen and oxygen atoms in total. The molecule has 11 heteroatoms. The van der Waals surface area contributed by atoms with Crippen LogP contribution in [-0.2, 0) is 4.74 Å². The molecular formula is C9H7F3N2O6. The Balaban J connectivity index is 3.35. The topological polar surface area (TPSA) is 112 Å². The molecule has 0 aromatic carbocycles. The van der Waals surface area contributed by atoms with Crippen molar-refractivity contribution in [1.29, 1.82) is 0 Å². The summed E-state index contributed by atoms with van der Waals surface area (Å²) in [5, 5.41) is 19.9. The quantitative estimate of drug-likeness (QED) is 0.512. The minimum atomic E-state index is -5.24. The Hall–Kier alpha value is -2.59. The number of hydrogen-bond acceptors (Lipinski definition) is 7. The Morgan fingerprint density at radius 2 is 2.15 bits per heavy atom. The van der Waals surface area contributed by atoms with E-state index in [0.29, 0.717) is 6.07 Å². The van der Waals surface area contributed by atoms with Crippen molar-refractivity contribution in [2.75, 3.05) is 6.61 Å². The lowest BCUT2D eigenvalue weighted by molar-refractivity contribution is -0.386. The van der Waals surface area contributed by atoms with Gasteiger partial charge in [0.05, 0.1) is 17.6 Å². The predicted octanol–water partition coefficient (Wildman–Crippen LogP) is 1.77. The van der Waals surface area contributed by atoms with Crippen LogP contribution in [0.2, 0.25) is 0 Å². The lowest BCUT2D eigenvalue weighted by Gasteiger charge is -2.10. The lowest BCUT2D eigenvalue weighted by Crippen LogP contribution is -2.19. The van der Waals surface area contributed by atoms with E-state index >= 15 is 0 Å². The maximum absolute atomic E-state index is 12.1. The van der Waals surface area contributed by atoms with Crippen molar-refractivity contribution in [3.8, 4) is 11.6 Å². The van der Waals surface area contributed by atoms with Crippen LogP contribution in [0, 0.1) is 10.1 Å². The van der Waals surface area contributed by atoms with Crippen molar-refractivity contribution in [1.82, 2.24) is 4.98 Å². The van der Waals surface area contributed by atoms with Crippen molar-refractivity contribution < 1.29 is 37.5 Å². The van der Waals surface area contributed by atoms with Crippen molar-refractivity contribution in [2.45, 2.75) is 13.3 Å². The van der Waals surface area contributed by atoms with E-state index in [1.807, 2.05) is 0 Å². The fourth-order valence-corrected chi connectivity index (χ4v) is 1.13. The van der Waals surface area contributed by atoms with Crippen LogP contribution < -0.4 is 4.74 Å². The number of alkyl halides is 3. The Kier molecular flexibility index (Phi) is 4.32. The fourth-order valence-electron chi connectivity index (χ4n) is 1.13. The number of pyridine rings is 1. The predicted molar refractivity (Wildman–Crippen MR) is 55.2 cm³/mol. The maximum Gasteiger partial charge on any atom is 0.574 e. The Labute approximate surface area is 108 Å². The molecule has 0 aliphatic heterocycles. The molecule has 0 atom stereocenters. The van der Waals surface area contributed by atoms with Crippen LogP contribution >= 0.6 is 0 Å². The highest BCUT2D eigenvalue weighted by Gasteiger charge is 2.36. The van der Waals surface area contributed by atoms with E-state index in [0.717, 1.165) is 0 Å². The number of nitrogens with zero attached hydrogens (tertiary/aromatic N) is 2. The molecule has 0 unspecified atom stereocenters. The standard InChI is InChI=1S/C9H7F3N2O6/c1-2-19-8(16)4-3-5(14(17)18)6(15)7(13-4)20-9(10,11)12/h3,15H,2H2,1H3. The summed E-state index contributed by atoms with van der Waals surface area (Å²) in [6.45, 7) is 1.30. The minimum Gasteiger partial charge on any atom is -0.498 e. The highest BCUT2D eigenvalue weighted by Crippen LogP contribution is 2.37.